The summed E-state index contributed by atoms with van der Waals surface area (Å²) in [5.41, 5.74) is 1.11. The average molecular weight is 260 g/mol. The molecule has 0 bridgehead atoms. The number of piperidine rings is 1. The van der Waals surface area contributed by atoms with Gasteiger partial charge in [-0.2, -0.15) is 0 Å². The van der Waals surface area contributed by atoms with E-state index in [1.165, 1.54) is 0 Å². The summed E-state index contributed by atoms with van der Waals surface area (Å²) in [5.74, 6) is 0.717. The van der Waals surface area contributed by atoms with Crippen molar-refractivity contribution >= 4 is 11.8 Å². The van der Waals surface area contributed by atoms with Gasteiger partial charge in [0.1, 0.15) is 5.82 Å². The van der Waals surface area contributed by atoms with Gasteiger partial charge in [-0.15, -0.1) is 0 Å². The summed E-state index contributed by atoms with van der Waals surface area (Å²) in [6.45, 7) is 6.16. The van der Waals surface area contributed by atoms with Crippen molar-refractivity contribution in [1.82, 2.24) is 14.8 Å². The monoisotopic (exact) mass is 260 g/mol. The molecule has 1 aromatic heterocycles. The van der Waals surface area contributed by atoms with Crippen molar-refractivity contribution in [2.24, 2.45) is 0 Å². The molecular formula is C14H20N4O. The fourth-order valence-electron chi connectivity index (χ4n) is 2.95. The summed E-state index contributed by atoms with van der Waals surface area (Å²) in [6.07, 6.45) is 3.85. The van der Waals surface area contributed by atoms with Gasteiger partial charge in [0.15, 0.2) is 0 Å². The molecule has 1 N–H and O–H groups in total. The number of amides is 2. The Labute approximate surface area is 113 Å². The summed E-state index contributed by atoms with van der Waals surface area (Å²) >= 11 is 0. The van der Waals surface area contributed by atoms with Gasteiger partial charge >= 0.3 is 6.03 Å². The van der Waals surface area contributed by atoms with Crippen LogP contribution in [0.2, 0.25) is 0 Å². The van der Waals surface area contributed by atoms with Crippen LogP contribution in [-0.2, 0) is 6.54 Å². The summed E-state index contributed by atoms with van der Waals surface area (Å²) in [4.78, 5) is 20.8. The number of carbonyl (C=O) groups is 1. The van der Waals surface area contributed by atoms with Crippen molar-refractivity contribution in [3.05, 3.63) is 23.9 Å². The van der Waals surface area contributed by atoms with Gasteiger partial charge in [0.2, 0.25) is 0 Å². The Morgan fingerprint density at radius 2 is 2.21 bits per heavy atom. The smallest absolute Gasteiger partial charge is 0.317 e. The van der Waals surface area contributed by atoms with Crippen LogP contribution in [0.4, 0.5) is 10.6 Å². The Morgan fingerprint density at radius 1 is 1.42 bits per heavy atom. The highest BCUT2D eigenvalue weighted by Gasteiger charge is 2.31. The second kappa shape index (κ2) is 5.17. The molecule has 1 aromatic rings. The molecule has 0 aromatic carbocycles. The molecule has 3 rings (SSSR count). The van der Waals surface area contributed by atoms with E-state index in [0.29, 0.717) is 12.6 Å². The Balaban J connectivity index is 1.71. The zero-order valence-corrected chi connectivity index (χ0v) is 11.3. The van der Waals surface area contributed by atoms with Gasteiger partial charge in [-0.1, -0.05) is 13.0 Å². The Morgan fingerprint density at radius 3 is 2.95 bits per heavy atom. The molecule has 2 aliphatic rings. The van der Waals surface area contributed by atoms with Crippen LogP contribution >= 0.6 is 0 Å². The van der Waals surface area contributed by atoms with E-state index in [1.807, 2.05) is 17.0 Å². The topological polar surface area (TPSA) is 48.5 Å². The van der Waals surface area contributed by atoms with Crippen molar-refractivity contribution in [1.29, 1.82) is 0 Å². The van der Waals surface area contributed by atoms with Crippen molar-refractivity contribution in [3.8, 4) is 0 Å². The zero-order chi connectivity index (χ0) is 13.2. The third-order valence-corrected chi connectivity index (χ3v) is 4.16. The maximum absolute atomic E-state index is 12.2. The minimum Gasteiger partial charge on any atom is -0.317 e. The number of hydrogen-bond acceptors (Lipinski definition) is 3. The van der Waals surface area contributed by atoms with Crippen LogP contribution in [0.1, 0.15) is 25.3 Å². The highest BCUT2D eigenvalue weighted by molar-refractivity contribution is 5.91. The molecule has 2 amide bonds. The lowest BCUT2D eigenvalue weighted by Crippen LogP contribution is -2.50. The minimum atomic E-state index is 0.00106. The summed E-state index contributed by atoms with van der Waals surface area (Å²) in [7, 11) is 0. The van der Waals surface area contributed by atoms with Crippen molar-refractivity contribution in [3.63, 3.8) is 0 Å². The number of urea groups is 1. The largest absolute Gasteiger partial charge is 0.323 e. The minimum absolute atomic E-state index is 0.00106. The molecule has 102 valence electrons. The fourth-order valence-corrected chi connectivity index (χ4v) is 2.95. The van der Waals surface area contributed by atoms with Gasteiger partial charge < -0.3 is 9.80 Å². The normalized spacial score (nSPS) is 21.1. The number of fused-ring (bicyclic) bond motifs is 1. The second-order valence-electron chi connectivity index (χ2n) is 5.23. The molecule has 0 radical (unpaired) electrons. The van der Waals surface area contributed by atoms with Crippen molar-refractivity contribution < 1.29 is 4.79 Å². The van der Waals surface area contributed by atoms with Crippen LogP contribution < -0.4 is 5.32 Å². The van der Waals surface area contributed by atoms with Gasteiger partial charge in [0.25, 0.3) is 0 Å². The van der Waals surface area contributed by atoms with E-state index in [1.54, 1.807) is 6.20 Å². The highest BCUT2D eigenvalue weighted by atomic mass is 16.2. The first-order valence-corrected chi connectivity index (χ1v) is 7.02. The second-order valence-corrected chi connectivity index (χ2v) is 5.23. The van der Waals surface area contributed by atoms with Crippen LogP contribution in [-0.4, -0.2) is 46.5 Å². The number of nitrogens with zero attached hydrogens (tertiary/aromatic N) is 3. The van der Waals surface area contributed by atoms with E-state index in [0.717, 1.165) is 43.9 Å². The predicted octanol–water partition coefficient (Wildman–Crippen LogP) is 1.91. The maximum atomic E-state index is 12.2. The van der Waals surface area contributed by atoms with E-state index in [4.69, 9.17) is 0 Å². The van der Waals surface area contributed by atoms with E-state index in [-0.39, 0.29) is 6.03 Å². The van der Waals surface area contributed by atoms with Crippen LogP contribution in [0.25, 0.3) is 0 Å². The number of anilines is 1. The molecule has 1 saturated heterocycles. The number of pyridine rings is 1. The van der Waals surface area contributed by atoms with Crippen LogP contribution in [0.3, 0.4) is 0 Å². The molecule has 5 heteroatoms. The molecular weight excluding hydrogens is 240 g/mol. The maximum Gasteiger partial charge on any atom is 0.323 e. The van der Waals surface area contributed by atoms with E-state index < -0.39 is 0 Å². The van der Waals surface area contributed by atoms with Crippen molar-refractivity contribution in [2.45, 2.75) is 32.4 Å². The number of carbonyl (C=O) groups excluding carboxylic acids is 1. The van der Waals surface area contributed by atoms with Gasteiger partial charge in [-0.25, -0.2) is 9.78 Å². The molecule has 3 heterocycles. The van der Waals surface area contributed by atoms with E-state index in [2.05, 4.69) is 22.1 Å². The molecule has 2 aliphatic heterocycles. The van der Waals surface area contributed by atoms with Gasteiger partial charge in [0, 0.05) is 30.9 Å². The Bertz CT molecular complexity index is 468. The SMILES string of the molecule is CCN1CCC(N2Cc3cccnc3NC2=O)CC1. The first-order valence-electron chi connectivity index (χ1n) is 7.02. The first kappa shape index (κ1) is 12.4. The van der Waals surface area contributed by atoms with Crippen LogP contribution in [0, 0.1) is 0 Å². The average Bonchev–Trinajstić information content (AvgIpc) is 2.47. The number of rotatable bonds is 2. The number of aromatic nitrogens is 1. The molecule has 0 saturated carbocycles. The summed E-state index contributed by atoms with van der Waals surface area (Å²) < 4.78 is 0. The molecule has 0 unspecified atom stereocenters. The first-order chi connectivity index (χ1) is 9.28. The van der Waals surface area contributed by atoms with E-state index in [9.17, 15) is 4.79 Å². The van der Waals surface area contributed by atoms with Crippen molar-refractivity contribution in [2.75, 3.05) is 25.0 Å². The number of nitrogens with one attached hydrogen (secondary N) is 1. The molecule has 5 nitrogen and oxygen atoms in total. The number of likely N-dealkylation sites (tertiary alicyclic amines) is 1. The third-order valence-electron chi connectivity index (χ3n) is 4.16. The summed E-state index contributed by atoms with van der Waals surface area (Å²) in [6, 6.07) is 4.32. The lowest BCUT2D eigenvalue weighted by atomic mass is 10.0. The lowest BCUT2D eigenvalue weighted by molar-refractivity contribution is 0.124. The molecule has 0 spiro atoms. The van der Waals surface area contributed by atoms with Crippen LogP contribution in [0.15, 0.2) is 18.3 Å². The summed E-state index contributed by atoms with van der Waals surface area (Å²) in [5, 5.41) is 2.89. The molecule has 19 heavy (non-hydrogen) atoms. The fraction of sp³-hybridized carbons (Fsp3) is 0.571. The lowest BCUT2D eigenvalue weighted by Gasteiger charge is -2.40. The molecule has 0 aliphatic carbocycles. The molecule has 0 atom stereocenters. The van der Waals surface area contributed by atoms with Gasteiger partial charge in [-0.3, -0.25) is 5.32 Å². The highest BCUT2D eigenvalue weighted by Crippen LogP contribution is 2.25. The van der Waals surface area contributed by atoms with E-state index >= 15 is 0 Å². The van der Waals surface area contributed by atoms with Gasteiger partial charge in [-0.05, 0) is 25.5 Å². The standard InChI is InChI=1S/C14H20N4O/c1-2-17-8-5-12(6-9-17)18-10-11-4-3-7-15-13(11)16-14(18)19/h3-4,7,12H,2,5-6,8-10H2,1H3,(H,15,16,19). The Kier molecular flexibility index (Phi) is 3.38. The third kappa shape index (κ3) is 2.42. The predicted molar refractivity (Wildman–Crippen MR) is 73.9 cm³/mol. The quantitative estimate of drug-likeness (QED) is 0.883. The number of hydrogen-bond donors (Lipinski definition) is 1. The zero-order valence-electron chi connectivity index (χ0n) is 11.3. The molecule has 1 fully saturated rings. The van der Waals surface area contributed by atoms with Crippen LogP contribution in [0.5, 0.6) is 0 Å². The van der Waals surface area contributed by atoms with Gasteiger partial charge in [0.05, 0.1) is 6.54 Å². The Hall–Kier alpha value is -1.62.